The Balaban J connectivity index is 2.34. The van der Waals surface area contributed by atoms with Crippen LogP contribution in [-0.4, -0.2) is 5.97 Å². The van der Waals surface area contributed by atoms with Crippen LogP contribution in [0.25, 0.3) is 0 Å². The van der Waals surface area contributed by atoms with E-state index < -0.39 is 5.97 Å². The third kappa shape index (κ3) is 4.08. The Morgan fingerprint density at radius 2 is 2.00 bits per heavy atom. The van der Waals surface area contributed by atoms with Gasteiger partial charge in [0.05, 0.1) is 0 Å². The Hall–Kier alpha value is -1.31. The molecule has 0 aromatic heterocycles. The van der Waals surface area contributed by atoms with Crippen molar-refractivity contribution in [3.8, 4) is 0 Å². The molecule has 14 heavy (non-hydrogen) atoms. The van der Waals surface area contributed by atoms with Crippen molar-refractivity contribution < 1.29 is 9.90 Å². The molecule has 0 saturated carbocycles. The van der Waals surface area contributed by atoms with Gasteiger partial charge in [0.15, 0.2) is 0 Å². The Morgan fingerprint density at radius 3 is 2.57 bits per heavy atom. The SMILES string of the molecule is C[C@@H](CCC(=O)[O-])Cc1ccccc1. The van der Waals surface area contributed by atoms with Gasteiger partial charge >= 0.3 is 0 Å². The van der Waals surface area contributed by atoms with Crippen LogP contribution in [0.1, 0.15) is 25.3 Å². The van der Waals surface area contributed by atoms with E-state index >= 15 is 0 Å². The number of rotatable bonds is 5. The first-order valence-electron chi connectivity index (χ1n) is 4.92. The summed E-state index contributed by atoms with van der Waals surface area (Å²) in [5, 5.41) is 10.2. The quantitative estimate of drug-likeness (QED) is 0.705. The summed E-state index contributed by atoms with van der Waals surface area (Å²) in [5.41, 5.74) is 1.26. The number of aliphatic carboxylic acids is 1. The Kier molecular flexibility index (Phi) is 4.17. The van der Waals surface area contributed by atoms with Crippen molar-refractivity contribution in [3.63, 3.8) is 0 Å². The summed E-state index contributed by atoms with van der Waals surface area (Å²) in [6.45, 7) is 2.07. The lowest BCUT2D eigenvalue weighted by Crippen LogP contribution is -2.22. The van der Waals surface area contributed by atoms with Gasteiger partial charge in [-0.2, -0.15) is 0 Å². The highest BCUT2D eigenvalue weighted by molar-refractivity contribution is 5.64. The molecule has 76 valence electrons. The number of hydrogen-bond donors (Lipinski definition) is 0. The summed E-state index contributed by atoms with van der Waals surface area (Å²) in [5.74, 6) is -0.555. The van der Waals surface area contributed by atoms with Crippen molar-refractivity contribution in [3.05, 3.63) is 35.9 Å². The van der Waals surface area contributed by atoms with Gasteiger partial charge in [0, 0.05) is 5.97 Å². The number of carbonyl (C=O) groups excluding carboxylic acids is 1. The molecule has 0 heterocycles. The molecule has 0 unspecified atom stereocenters. The van der Waals surface area contributed by atoms with Crippen molar-refractivity contribution in [1.29, 1.82) is 0 Å². The van der Waals surface area contributed by atoms with Gasteiger partial charge in [0.2, 0.25) is 0 Å². The van der Waals surface area contributed by atoms with E-state index in [9.17, 15) is 9.90 Å². The van der Waals surface area contributed by atoms with Crippen molar-refractivity contribution >= 4 is 5.97 Å². The number of benzene rings is 1. The highest BCUT2D eigenvalue weighted by Gasteiger charge is 2.03. The Labute approximate surface area is 84.6 Å². The third-order valence-electron chi connectivity index (χ3n) is 2.27. The van der Waals surface area contributed by atoms with Crippen LogP contribution >= 0.6 is 0 Å². The maximum Gasteiger partial charge on any atom is 0.0414 e. The first kappa shape index (κ1) is 10.8. The summed E-state index contributed by atoms with van der Waals surface area (Å²) in [7, 11) is 0. The Morgan fingerprint density at radius 1 is 1.36 bits per heavy atom. The molecule has 1 aromatic rings. The van der Waals surface area contributed by atoms with Crippen LogP contribution in [-0.2, 0) is 11.2 Å². The van der Waals surface area contributed by atoms with Gasteiger partial charge in [-0.25, -0.2) is 0 Å². The van der Waals surface area contributed by atoms with Gasteiger partial charge in [0.1, 0.15) is 0 Å². The number of carboxylic acid groups (broad SMARTS) is 1. The van der Waals surface area contributed by atoms with E-state index in [1.54, 1.807) is 0 Å². The molecule has 2 nitrogen and oxygen atoms in total. The molecule has 1 aromatic carbocycles. The Bertz CT molecular complexity index is 280. The maximum absolute atomic E-state index is 10.2. The lowest BCUT2D eigenvalue weighted by atomic mass is 9.97. The highest BCUT2D eigenvalue weighted by Crippen LogP contribution is 2.12. The summed E-state index contributed by atoms with van der Waals surface area (Å²) in [4.78, 5) is 10.2. The molecule has 0 saturated heterocycles. The molecule has 0 fully saturated rings. The minimum absolute atomic E-state index is 0.161. The second-order valence-electron chi connectivity index (χ2n) is 3.71. The fraction of sp³-hybridized carbons (Fsp3) is 0.417. The second-order valence-corrected chi connectivity index (χ2v) is 3.71. The van der Waals surface area contributed by atoms with E-state index in [0.29, 0.717) is 12.3 Å². The molecule has 0 aliphatic rings. The van der Waals surface area contributed by atoms with Gasteiger partial charge < -0.3 is 9.90 Å². The molecule has 1 rings (SSSR count). The van der Waals surface area contributed by atoms with Crippen molar-refractivity contribution in [2.75, 3.05) is 0 Å². The molecule has 2 heteroatoms. The van der Waals surface area contributed by atoms with E-state index in [-0.39, 0.29) is 6.42 Å². The van der Waals surface area contributed by atoms with Crippen LogP contribution in [0.15, 0.2) is 30.3 Å². The predicted molar refractivity (Wildman–Crippen MR) is 53.6 cm³/mol. The minimum Gasteiger partial charge on any atom is -0.550 e. The molecule has 0 aliphatic carbocycles. The third-order valence-corrected chi connectivity index (χ3v) is 2.27. The topological polar surface area (TPSA) is 40.1 Å². The molecule has 0 radical (unpaired) electrons. The predicted octanol–water partition coefficient (Wildman–Crippen LogP) is 1.40. The smallest absolute Gasteiger partial charge is 0.0414 e. The summed E-state index contributed by atoms with van der Waals surface area (Å²) in [6, 6.07) is 10.1. The first-order chi connectivity index (χ1) is 6.68. The average molecular weight is 191 g/mol. The van der Waals surface area contributed by atoms with E-state index in [4.69, 9.17) is 0 Å². The van der Waals surface area contributed by atoms with Gasteiger partial charge in [-0.05, 0) is 30.7 Å². The number of hydrogen-bond acceptors (Lipinski definition) is 2. The largest absolute Gasteiger partial charge is 0.550 e. The molecule has 1 atom stereocenters. The van der Waals surface area contributed by atoms with Crippen LogP contribution in [0.5, 0.6) is 0 Å². The maximum atomic E-state index is 10.2. The van der Waals surface area contributed by atoms with E-state index in [2.05, 4.69) is 19.1 Å². The molecule has 0 aliphatic heterocycles. The van der Waals surface area contributed by atoms with Crippen LogP contribution in [0.3, 0.4) is 0 Å². The summed E-state index contributed by atoms with van der Waals surface area (Å²) < 4.78 is 0. The zero-order chi connectivity index (χ0) is 10.4. The average Bonchev–Trinajstić information content (AvgIpc) is 2.16. The minimum atomic E-state index is -0.954. The lowest BCUT2D eigenvalue weighted by Gasteiger charge is -2.11. The van der Waals surface area contributed by atoms with Crippen LogP contribution in [0, 0.1) is 5.92 Å². The first-order valence-corrected chi connectivity index (χ1v) is 4.92. The van der Waals surface area contributed by atoms with Gasteiger partial charge in [-0.1, -0.05) is 37.3 Å². The molecular formula is C12H15O2-. The fourth-order valence-corrected chi connectivity index (χ4v) is 1.48. The molecule has 0 bridgehead atoms. The zero-order valence-electron chi connectivity index (χ0n) is 8.40. The summed E-state index contributed by atoms with van der Waals surface area (Å²) >= 11 is 0. The number of carbonyl (C=O) groups is 1. The van der Waals surface area contributed by atoms with Gasteiger partial charge in [0.25, 0.3) is 0 Å². The fourth-order valence-electron chi connectivity index (χ4n) is 1.48. The van der Waals surface area contributed by atoms with Crippen molar-refractivity contribution in [2.24, 2.45) is 5.92 Å². The number of carboxylic acids is 1. The van der Waals surface area contributed by atoms with E-state index in [1.165, 1.54) is 5.56 Å². The van der Waals surface area contributed by atoms with E-state index in [1.807, 2.05) is 18.2 Å². The van der Waals surface area contributed by atoms with Gasteiger partial charge in [-0.15, -0.1) is 0 Å². The highest BCUT2D eigenvalue weighted by atomic mass is 16.4. The zero-order valence-corrected chi connectivity index (χ0v) is 8.40. The van der Waals surface area contributed by atoms with Gasteiger partial charge in [-0.3, -0.25) is 0 Å². The standard InChI is InChI=1S/C12H16O2/c1-10(7-8-12(13)14)9-11-5-3-2-4-6-11/h2-6,10H,7-9H2,1H3,(H,13,14)/p-1/t10-/m0/s1. The van der Waals surface area contributed by atoms with Crippen LogP contribution < -0.4 is 5.11 Å². The second kappa shape index (κ2) is 5.43. The normalized spacial score (nSPS) is 12.4. The monoisotopic (exact) mass is 191 g/mol. The molecule has 0 spiro atoms. The van der Waals surface area contributed by atoms with Crippen molar-refractivity contribution in [1.82, 2.24) is 0 Å². The molecule has 0 N–H and O–H groups in total. The van der Waals surface area contributed by atoms with Crippen LogP contribution in [0.2, 0.25) is 0 Å². The van der Waals surface area contributed by atoms with Crippen LogP contribution in [0.4, 0.5) is 0 Å². The molecular weight excluding hydrogens is 176 g/mol. The van der Waals surface area contributed by atoms with Crippen molar-refractivity contribution in [2.45, 2.75) is 26.2 Å². The van der Waals surface area contributed by atoms with E-state index in [0.717, 1.165) is 6.42 Å². The lowest BCUT2D eigenvalue weighted by molar-refractivity contribution is -0.306. The molecule has 0 amide bonds. The summed E-state index contributed by atoms with van der Waals surface area (Å²) in [6.07, 6.45) is 1.79.